The van der Waals surface area contributed by atoms with Crippen molar-refractivity contribution in [3.63, 3.8) is 0 Å². The lowest BCUT2D eigenvalue weighted by Gasteiger charge is -2.30. The maximum absolute atomic E-state index is 12.4. The lowest BCUT2D eigenvalue weighted by molar-refractivity contribution is -0.139. The molecule has 23 heavy (non-hydrogen) atoms. The first-order valence-corrected chi connectivity index (χ1v) is 9.22. The third-order valence-electron chi connectivity index (χ3n) is 4.19. The molecule has 1 atom stereocenters. The molecule has 7 heteroatoms. The van der Waals surface area contributed by atoms with E-state index in [1.807, 2.05) is 0 Å². The van der Waals surface area contributed by atoms with Crippen molar-refractivity contribution in [3.8, 4) is 6.07 Å². The Morgan fingerprint density at radius 3 is 2.39 bits per heavy atom. The van der Waals surface area contributed by atoms with E-state index in [-0.39, 0.29) is 5.75 Å². The lowest BCUT2D eigenvalue weighted by atomic mass is 9.77. The highest BCUT2D eigenvalue weighted by Gasteiger charge is 2.38. The molecule has 0 unspecified atom stereocenters. The zero-order valence-corrected chi connectivity index (χ0v) is 13.6. The average molecular weight is 336 g/mol. The SMILES string of the molecule is N#CC1(CS(=O)(=O)N[C@H](C(=O)O)c2ccccc2)CCCCC1. The van der Waals surface area contributed by atoms with Gasteiger partial charge in [-0.25, -0.2) is 8.42 Å². The largest absolute Gasteiger partial charge is 0.480 e. The molecular formula is C16H20N2O4S. The van der Waals surface area contributed by atoms with Gasteiger partial charge in [0.2, 0.25) is 10.0 Å². The first-order chi connectivity index (χ1) is 10.9. The van der Waals surface area contributed by atoms with Gasteiger partial charge in [-0.05, 0) is 18.4 Å². The number of sulfonamides is 1. The molecule has 0 bridgehead atoms. The molecule has 1 aliphatic carbocycles. The second-order valence-electron chi connectivity index (χ2n) is 6.01. The third-order valence-corrected chi connectivity index (χ3v) is 5.72. The topological polar surface area (TPSA) is 107 Å². The van der Waals surface area contributed by atoms with Crippen LogP contribution in [-0.2, 0) is 14.8 Å². The van der Waals surface area contributed by atoms with E-state index in [9.17, 15) is 23.6 Å². The van der Waals surface area contributed by atoms with Crippen molar-refractivity contribution < 1.29 is 18.3 Å². The van der Waals surface area contributed by atoms with E-state index in [0.717, 1.165) is 19.3 Å². The van der Waals surface area contributed by atoms with Gasteiger partial charge in [-0.3, -0.25) is 4.79 Å². The van der Waals surface area contributed by atoms with Crippen LogP contribution in [0.2, 0.25) is 0 Å². The highest BCUT2D eigenvalue weighted by atomic mass is 32.2. The Morgan fingerprint density at radius 2 is 1.87 bits per heavy atom. The van der Waals surface area contributed by atoms with Crippen LogP contribution in [0.1, 0.15) is 43.7 Å². The molecule has 0 amide bonds. The van der Waals surface area contributed by atoms with E-state index in [4.69, 9.17) is 0 Å². The van der Waals surface area contributed by atoms with Crippen LogP contribution in [0, 0.1) is 16.7 Å². The van der Waals surface area contributed by atoms with Crippen LogP contribution in [-0.4, -0.2) is 25.2 Å². The Kier molecular flexibility index (Phi) is 5.39. The Labute approximate surface area is 136 Å². The Bertz CT molecular complexity index is 689. The molecule has 0 saturated heterocycles. The zero-order chi connectivity index (χ0) is 16.9. The number of hydrogen-bond donors (Lipinski definition) is 2. The molecule has 124 valence electrons. The second kappa shape index (κ2) is 7.11. The molecule has 1 saturated carbocycles. The normalized spacial score (nSPS) is 18.7. The van der Waals surface area contributed by atoms with Crippen LogP contribution >= 0.6 is 0 Å². The minimum Gasteiger partial charge on any atom is -0.480 e. The fourth-order valence-corrected chi connectivity index (χ4v) is 4.77. The number of benzene rings is 1. The fourth-order valence-electron chi connectivity index (χ4n) is 3.01. The van der Waals surface area contributed by atoms with E-state index < -0.39 is 27.4 Å². The van der Waals surface area contributed by atoms with Crippen LogP contribution in [0.15, 0.2) is 30.3 Å². The summed E-state index contributed by atoms with van der Waals surface area (Å²) in [6, 6.07) is 8.94. The summed E-state index contributed by atoms with van der Waals surface area (Å²) in [6.45, 7) is 0. The van der Waals surface area contributed by atoms with Gasteiger partial charge in [0.15, 0.2) is 0 Å². The number of aliphatic carboxylic acids is 1. The van der Waals surface area contributed by atoms with Gasteiger partial charge in [0.05, 0.1) is 17.2 Å². The molecule has 0 spiro atoms. The highest BCUT2D eigenvalue weighted by Crippen LogP contribution is 2.37. The van der Waals surface area contributed by atoms with Gasteiger partial charge in [-0.15, -0.1) is 0 Å². The molecule has 2 rings (SSSR count). The highest BCUT2D eigenvalue weighted by molar-refractivity contribution is 7.89. The summed E-state index contributed by atoms with van der Waals surface area (Å²) in [6.07, 6.45) is 3.72. The summed E-state index contributed by atoms with van der Waals surface area (Å²) in [5, 5.41) is 18.7. The molecule has 0 aromatic heterocycles. The van der Waals surface area contributed by atoms with E-state index in [0.29, 0.717) is 18.4 Å². The summed E-state index contributed by atoms with van der Waals surface area (Å²) in [5.41, 5.74) is -0.553. The molecule has 2 N–H and O–H groups in total. The van der Waals surface area contributed by atoms with E-state index in [1.165, 1.54) is 0 Å². The molecule has 1 aliphatic rings. The summed E-state index contributed by atoms with van der Waals surface area (Å²) in [7, 11) is -3.90. The Hall–Kier alpha value is -1.91. The van der Waals surface area contributed by atoms with Gasteiger partial charge in [-0.1, -0.05) is 49.6 Å². The minimum absolute atomic E-state index is 0.354. The predicted octanol–water partition coefficient (Wildman–Crippen LogP) is 2.21. The standard InChI is InChI=1S/C16H20N2O4S/c17-11-16(9-5-2-6-10-16)12-23(21,22)18-14(15(19)20)13-7-3-1-4-8-13/h1,3-4,7-8,14,18H,2,5-6,9-10,12H2,(H,19,20)/t14-/m0/s1. The predicted molar refractivity (Wildman–Crippen MR) is 84.9 cm³/mol. The van der Waals surface area contributed by atoms with Crippen LogP contribution in [0.5, 0.6) is 0 Å². The molecule has 1 aromatic carbocycles. The van der Waals surface area contributed by atoms with E-state index in [1.54, 1.807) is 30.3 Å². The van der Waals surface area contributed by atoms with Crippen molar-refractivity contribution in [3.05, 3.63) is 35.9 Å². The van der Waals surface area contributed by atoms with Crippen molar-refractivity contribution in [2.24, 2.45) is 5.41 Å². The minimum atomic E-state index is -3.90. The molecule has 0 heterocycles. The number of rotatable bonds is 6. The van der Waals surface area contributed by atoms with Gasteiger partial charge in [-0.2, -0.15) is 9.98 Å². The summed E-state index contributed by atoms with van der Waals surface area (Å²) in [4.78, 5) is 11.4. The van der Waals surface area contributed by atoms with Crippen molar-refractivity contribution >= 4 is 16.0 Å². The van der Waals surface area contributed by atoms with Gasteiger partial charge in [0.1, 0.15) is 6.04 Å². The maximum Gasteiger partial charge on any atom is 0.326 e. The monoisotopic (exact) mass is 336 g/mol. The quantitative estimate of drug-likeness (QED) is 0.828. The van der Waals surface area contributed by atoms with Crippen LogP contribution in [0.4, 0.5) is 0 Å². The number of carbonyl (C=O) groups is 1. The van der Waals surface area contributed by atoms with Crippen molar-refractivity contribution in [1.82, 2.24) is 4.72 Å². The number of carboxylic acids is 1. The third kappa shape index (κ3) is 4.53. The van der Waals surface area contributed by atoms with Crippen LogP contribution in [0.25, 0.3) is 0 Å². The summed E-state index contributed by atoms with van der Waals surface area (Å²) < 4.78 is 27.1. The van der Waals surface area contributed by atoms with Crippen molar-refractivity contribution in [1.29, 1.82) is 5.26 Å². The summed E-state index contributed by atoms with van der Waals surface area (Å²) in [5.74, 6) is -1.62. The molecule has 0 radical (unpaired) electrons. The molecule has 1 fully saturated rings. The van der Waals surface area contributed by atoms with E-state index in [2.05, 4.69) is 10.8 Å². The van der Waals surface area contributed by atoms with Crippen molar-refractivity contribution in [2.75, 3.05) is 5.75 Å². The van der Waals surface area contributed by atoms with Gasteiger partial charge >= 0.3 is 5.97 Å². The Morgan fingerprint density at radius 1 is 1.26 bits per heavy atom. The van der Waals surface area contributed by atoms with Gasteiger partial charge in [0.25, 0.3) is 0 Å². The molecule has 0 aliphatic heterocycles. The Balaban J connectivity index is 2.18. The second-order valence-corrected chi connectivity index (χ2v) is 7.77. The number of nitrogens with one attached hydrogen (secondary N) is 1. The zero-order valence-electron chi connectivity index (χ0n) is 12.7. The maximum atomic E-state index is 12.4. The number of nitrogens with zero attached hydrogens (tertiary/aromatic N) is 1. The number of carboxylic acid groups (broad SMARTS) is 1. The number of hydrogen-bond acceptors (Lipinski definition) is 4. The molecular weight excluding hydrogens is 316 g/mol. The molecule has 1 aromatic rings. The summed E-state index contributed by atoms with van der Waals surface area (Å²) >= 11 is 0. The molecule has 6 nitrogen and oxygen atoms in total. The first kappa shape index (κ1) is 17.4. The average Bonchev–Trinajstić information content (AvgIpc) is 2.54. The van der Waals surface area contributed by atoms with Crippen LogP contribution < -0.4 is 4.72 Å². The van der Waals surface area contributed by atoms with Crippen LogP contribution in [0.3, 0.4) is 0 Å². The first-order valence-electron chi connectivity index (χ1n) is 7.56. The van der Waals surface area contributed by atoms with Gasteiger partial charge in [0, 0.05) is 0 Å². The lowest BCUT2D eigenvalue weighted by Crippen LogP contribution is -2.41. The smallest absolute Gasteiger partial charge is 0.326 e. The number of nitriles is 1. The van der Waals surface area contributed by atoms with E-state index >= 15 is 0 Å². The van der Waals surface area contributed by atoms with Gasteiger partial charge < -0.3 is 5.11 Å². The fraction of sp³-hybridized carbons (Fsp3) is 0.500. The van der Waals surface area contributed by atoms with Crippen molar-refractivity contribution in [2.45, 2.75) is 38.1 Å².